The number of rotatable bonds is 6. The van der Waals surface area contributed by atoms with Gasteiger partial charge in [-0.3, -0.25) is 5.10 Å². The first-order valence-electron chi connectivity index (χ1n) is 11.1. The standard InChI is InChI=1S/C22H31F3N4O2/c1-12(2)16-10-14(26-13-6-8-31-9-7-13)11-17(16)21(30)27-20-15-4-3-5-18(22(23,24)25)19(15)28-29-20/h3-5,12-14,16-17,21,26,30H,6-11H2,1-2H3,(H2,27,28,29)/t14-,16?,17-,21?/m1/s1. The number of para-hydroxylation sites is 1. The number of aromatic nitrogens is 2. The summed E-state index contributed by atoms with van der Waals surface area (Å²) in [6.07, 6.45) is -1.60. The second-order valence-electron chi connectivity index (χ2n) is 9.18. The van der Waals surface area contributed by atoms with Crippen molar-refractivity contribution in [1.29, 1.82) is 0 Å². The lowest BCUT2D eigenvalue weighted by molar-refractivity contribution is -0.136. The van der Waals surface area contributed by atoms with Gasteiger partial charge in [-0.05, 0) is 49.7 Å². The maximum Gasteiger partial charge on any atom is 0.418 e. The van der Waals surface area contributed by atoms with Crippen LogP contribution in [0.15, 0.2) is 18.2 Å². The Balaban J connectivity index is 1.48. The Bertz CT molecular complexity index is 879. The van der Waals surface area contributed by atoms with Gasteiger partial charge in [0.1, 0.15) is 6.23 Å². The highest BCUT2D eigenvalue weighted by Gasteiger charge is 2.41. The fraction of sp³-hybridized carbons (Fsp3) is 0.682. The average Bonchev–Trinajstić information content (AvgIpc) is 3.32. The molecule has 0 spiro atoms. The molecule has 4 atom stereocenters. The fourth-order valence-electron chi connectivity index (χ4n) is 5.20. The molecule has 2 aromatic rings. The van der Waals surface area contributed by atoms with Crippen LogP contribution in [-0.4, -0.2) is 46.8 Å². The zero-order valence-electron chi connectivity index (χ0n) is 17.9. The van der Waals surface area contributed by atoms with Gasteiger partial charge in [0.25, 0.3) is 0 Å². The Kier molecular flexibility index (Phi) is 6.46. The number of fused-ring (bicyclic) bond motifs is 1. The first-order chi connectivity index (χ1) is 14.7. The summed E-state index contributed by atoms with van der Waals surface area (Å²) in [7, 11) is 0. The second kappa shape index (κ2) is 8.96. The largest absolute Gasteiger partial charge is 0.418 e. The summed E-state index contributed by atoms with van der Waals surface area (Å²) in [6, 6.07) is 4.71. The first kappa shape index (κ1) is 22.4. The van der Waals surface area contributed by atoms with Crippen molar-refractivity contribution >= 4 is 16.7 Å². The number of ether oxygens (including phenoxy) is 1. The number of hydrogen-bond acceptors (Lipinski definition) is 5. The zero-order chi connectivity index (χ0) is 22.2. The van der Waals surface area contributed by atoms with Crippen LogP contribution in [0.2, 0.25) is 0 Å². The van der Waals surface area contributed by atoms with E-state index in [9.17, 15) is 18.3 Å². The maximum absolute atomic E-state index is 13.3. The van der Waals surface area contributed by atoms with Crippen molar-refractivity contribution in [3.8, 4) is 0 Å². The number of aliphatic hydroxyl groups excluding tert-OH is 1. The van der Waals surface area contributed by atoms with Crippen LogP contribution in [0.3, 0.4) is 0 Å². The number of nitrogens with one attached hydrogen (secondary N) is 3. The summed E-state index contributed by atoms with van der Waals surface area (Å²) in [4.78, 5) is 0. The van der Waals surface area contributed by atoms with Gasteiger partial charge in [-0.25, -0.2) is 0 Å². The third-order valence-corrected chi connectivity index (χ3v) is 6.81. The van der Waals surface area contributed by atoms with Crippen molar-refractivity contribution in [3.05, 3.63) is 23.8 Å². The minimum atomic E-state index is -4.47. The molecule has 2 fully saturated rings. The molecule has 1 saturated heterocycles. The summed E-state index contributed by atoms with van der Waals surface area (Å²) in [5.41, 5.74) is -0.836. The fourth-order valence-corrected chi connectivity index (χ4v) is 5.20. The van der Waals surface area contributed by atoms with Crippen LogP contribution in [0.1, 0.15) is 45.1 Å². The summed E-state index contributed by atoms with van der Waals surface area (Å²) in [5.74, 6) is 0.915. The third-order valence-electron chi connectivity index (χ3n) is 6.81. The molecule has 0 amide bonds. The van der Waals surface area contributed by atoms with Crippen LogP contribution in [0.5, 0.6) is 0 Å². The van der Waals surface area contributed by atoms with E-state index in [4.69, 9.17) is 4.74 Å². The summed E-state index contributed by atoms with van der Waals surface area (Å²) in [6.45, 7) is 5.86. The van der Waals surface area contributed by atoms with Crippen LogP contribution in [0.4, 0.5) is 19.0 Å². The van der Waals surface area contributed by atoms with Gasteiger partial charge in [0, 0.05) is 36.6 Å². The quantitative estimate of drug-likeness (QED) is 0.508. The van der Waals surface area contributed by atoms with Crippen molar-refractivity contribution in [1.82, 2.24) is 15.5 Å². The smallest absolute Gasteiger partial charge is 0.381 e. The summed E-state index contributed by atoms with van der Waals surface area (Å²) < 4.78 is 45.3. The van der Waals surface area contributed by atoms with E-state index in [0.717, 1.165) is 45.0 Å². The van der Waals surface area contributed by atoms with Crippen molar-refractivity contribution in [2.75, 3.05) is 18.5 Å². The topological polar surface area (TPSA) is 82.2 Å². The number of hydrogen-bond donors (Lipinski definition) is 4. The molecule has 2 unspecified atom stereocenters. The lowest BCUT2D eigenvalue weighted by Gasteiger charge is -2.28. The van der Waals surface area contributed by atoms with Crippen molar-refractivity contribution < 1.29 is 23.0 Å². The monoisotopic (exact) mass is 440 g/mol. The van der Waals surface area contributed by atoms with Crippen molar-refractivity contribution in [3.63, 3.8) is 0 Å². The molecule has 172 valence electrons. The molecule has 9 heteroatoms. The minimum absolute atomic E-state index is 0.0186. The molecule has 4 rings (SSSR count). The Morgan fingerprint density at radius 1 is 1.13 bits per heavy atom. The molecule has 1 aromatic heterocycles. The molecule has 1 aliphatic carbocycles. The number of benzene rings is 1. The predicted molar refractivity (Wildman–Crippen MR) is 113 cm³/mol. The van der Waals surface area contributed by atoms with Gasteiger partial charge < -0.3 is 20.5 Å². The molecular weight excluding hydrogens is 409 g/mol. The average molecular weight is 441 g/mol. The van der Waals surface area contributed by atoms with E-state index in [1.807, 2.05) is 0 Å². The number of alkyl halides is 3. The van der Waals surface area contributed by atoms with E-state index in [1.165, 1.54) is 6.07 Å². The molecule has 1 aliphatic heterocycles. The van der Waals surface area contributed by atoms with Gasteiger partial charge in [-0.15, -0.1) is 0 Å². The highest BCUT2D eigenvalue weighted by molar-refractivity contribution is 5.92. The van der Waals surface area contributed by atoms with E-state index in [-0.39, 0.29) is 17.3 Å². The number of anilines is 1. The molecule has 0 radical (unpaired) electrons. The molecule has 4 N–H and O–H groups in total. The lowest BCUT2D eigenvalue weighted by atomic mass is 9.85. The summed E-state index contributed by atoms with van der Waals surface area (Å²) in [5, 5.41) is 24.6. The van der Waals surface area contributed by atoms with Crippen LogP contribution >= 0.6 is 0 Å². The van der Waals surface area contributed by atoms with Crippen molar-refractivity contribution in [2.24, 2.45) is 17.8 Å². The van der Waals surface area contributed by atoms with Crippen LogP contribution in [0, 0.1) is 17.8 Å². The maximum atomic E-state index is 13.3. The van der Waals surface area contributed by atoms with E-state index in [0.29, 0.717) is 29.3 Å². The number of nitrogens with zero attached hydrogens (tertiary/aromatic N) is 1. The molecule has 1 aromatic carbocycles. The van der Waals surface area contributed by atoms with Gasteiger partial charge >= 0.3 is 6.18 Å². The molecule has 31 heavy (non-hydrogen) atoms. The van der Waals surface area contributed by atoms with Gasteiger partial charge in [0.05, 0.1) is 11.1 Å². The number of H-pyrrole nitrogens is 1. The molecule has 2 aliphatic rings. The van der Waals surface area contributed by atoms with E-state index >= 15 is 0 Å². The highest BCUT2D eigenvalue weighted by Crippen LogP contribution is 2.41. The number of aliphatic hydroxyl groups is 1. The first-order valence-corrected chi connectivity index (χ1v) is 11.1. The van der Waals surface area contributed by atoms with Gasteiger partial charge in [-0.2, -0.15) is 18.3 Å². The normalized spacial score (nSPS) is 26.6. The van der Waals surface area contributed by atoms with E-state index in [1.54, 1.807) is 6.07 Å². The van der Waals surface area contributed by atoms with E-state index < -0.39 is 18.0 Å². The predicted octanol–water partition coefficient (Wildman–Crippen LogP) is 4.13. The summed E-state index contributed by atoms with van der Waals surface area (Å²) >= 11 is 0. The van der Waals surface area contributed by atoms with Gasteiger partial charge in [0.2, 0.25) is 0 Å². The lowest BCUT2D eigenvalue weighted by Crippen LogP contribution is -2.41. The Labute approximate surface area is 179 Å². The zero-order valence-corrected chi connectivity index (χ0v) is 17.9. The minimum Gasteiger partial charge on any atom is -0.381 e. The molecule has 0 bridgehead atoms. The van der Waals surface area contributed by atoms with Crippen LogP contribution < -0.4 is 10.6 Å². The van der Waals surface area contributed by atoms with Gasteiger partial charge in [0.15, 0.2) is 5.82 Å². The third kappa shape index (κ3) is 4.83. The molecule has 1 saturated carbocycles. The van der Waals surface area contributed by atoms with Gasteiger partial charge in [-0.1, -0.05) is 19.9 Å². The Morgan fingerprint density at radius 3 is 2.52 bits per heavy atom. The molecule has 2 heterocycles. The van der Waals surface area contributed by atoms with Crippen molar-refractivity contribution in [2.45, 2.75) is 64.0 Å². The highest BCUT2D eigenvalue weighted by atomic mass is 19.4. The molecule has 6 nitrogen and oxygen atoms in total. The van der Waals surface area contributed by atoms with E-state index in [2.05, 4.69) is 34.7 Å². The number of aromatic amines is 1. The Morgan fingerprint density at radius 2 is 1.84 bits per heavy atom. The Hall–Kier alpha value is -1.84. The second-order valence-corrected chi connectivity index (χ2v) is 9.18. The van der Waals surface area contributed by atoms with Crippen LogP contribution in [0.25, 0.3) is 10.9 Å². The molecular formula is C22H31F3N4O2. The van der Waals surface area contributed by atoms with Crippen LogP contribution in [-0.2, 0) is 10.9 Å². The SMILES string of the molecule is CC(C)C1C[C@@H](NC2CCOCC2)C[C@H]1C(O)Nc1n[nH]c2c(C(F)(F)F)cccc12. The number of halogens is 3.